The fraction of sp³-hybridized carbons (Fsp3) is 0.286. The van der Waals surface area contributed by atoms with Gasteiger partial charge in [0.15, 0.2) is 0 Å². The van der Waals surface area contributed by atoms with Crippen LogP contribution in [0.5, 0.6) is 0 Å². The quantitative estimate of drug-likeness (QED) is 0.733. The van der Waals surface area contributed by atoms with E-state index in [0.29, 0.717) is 31.2 Å². The fourth-order valence-electron chi connectivity index (χ4n) is 3.50. The highest BCUT2D eigenvalue weighted by Crippen LogP contribution is 2.34. The van der Waals surface area contributed by atoms with Crippen molar-refractivity contribution in [3.8, 4) is 11.4 Å². The van der Waals surface area contributed by atoms with Gasteiger partial charge in [0, 0.05) is 25.1 Å². The van der Waals surface area contributed by atoms with Crippen LogP contribution in [0, 0.1) is 5.82 Å². The number of nitrogens with zero attached hydrogens (tertiary/aromatic N) is 3. The zero-order chi connectivity index (χ0) is 19.7. The highest BCUT2D eigenvalue weighted by Gasteiger charge is 2.37. The molecule has 0 bridgehead atoms. The summed E-state index contributed by atoms with van der Waals surface area (Å²) < 4.78 is 18.6. The standard InChI is InChI=1S/C21H21FN4O2/c1-13(15-6-8-18(22)9-7-15)26-12-17(10-19(26)27)21-24-20(25-28-21)16-4-2-14(11-23)3-5-16/h2-9,13,17H,10-12,23H2,1H3. The molecule has 1 aliphatic heterocycles. The number of hydrogen-bond donors (Lipinski definition) is 1. The minimum absolute atomic E-state index is 0.0221. The molecule has 2 unspecified atom stereocenters. The Hall–Kier alpha value is -3.06. The van der Waals surface area contributed by atoms with E-state index in [4.69, 9.17) is 10.3 Å². The van der Waals surface area contributed by atoms with Gasteiger partial charge < -0.3 is 15.2 Å². The van der Waals surface area contributed by atoms with Gasteiger partial charge in [0.25, 0.3) is 0 Å². The van der Waals surface area contributed by atoms with E-state index in [0.717, 1.165) is 16.7 Å². The van der Waals surface area contributed by atoms with Crippen LogP contribution in [0.15, 0.2) is 53.1 Å². The summed E-state index contributed by atoms with van der Waals surface area (Å²) in [6.45, 7) is 2.90. The van der Waals surface area contributed by atoms with Crippen molar-refractivity contribution in [3.63, 3.8) is 0 Å². The van der Waals surface area contributed by atoms with Crippen molar-refractivity contribution in [1.82, 2.24) is 15.0 Å². The molecule has 2 atom stereocenters. The van der Waals surface area contributed by atoms with E-state index < -0.39 is 0 Å². The van der Waals surface area contributed by atoms with Gasteiger partial charge in [-0.25, -0.2) is 4.39 Å². The largest absolute Gasteiger partial charge is 0.339 e. The summed E-state index contributed by atoms with van der Waals surface area (Å²) >= 11 is 0. The average molecular weight is 380 g/mol. The molecular weight excluding hydrogens is 359 g/mol. The summed E-state index contributed by atoms with van der Waals surface area (Å²) in [5.74, 6) is 0.532. The van der Waals surface area contributed by atoms with Crippen molar-refractivity contribution in [2.45, 2.75) is 31.8 Å². The van der Waals surface area contributed by atoms with Crippen LogP contribution < -0.4 is 5.73 Å². The lowest BCUT2D eigenvalue weighted by Crippen LogP contribution is -2.28. The second-order valence-electron chi connectivity index (χ2n) is 7.03. The van der Waals surface area contributed by atoms with E-state index >= 15 is 0 Å². The Bertz CT molecular complexity index is 969. The van der Waals surface area contributed by atoms with Crippen LogP contribution in [0.4, 0.5) is 4.39 Å². The lowest BCUT2D eigenvalue weighted by Gasteiger charge is -2.25. The molecule has 0 saturated carbocycles. The molecule has 1 amide bonds. The third-order valence-corrected chi connectivity index (χ3v) is 5.22. The number of amides is 1. The Morgan fingerprint density at radius 2 is 1.93 bits per heavy atom. The van der Waals surface area contributed by atoms with Crippen LogP contribution in [0.25, 0.3) is 11.4 Å². The number of hydrogen-bond acceptors (Lipinski definition) is 5. The van der Waals surface area contributed by atoms with Gasteiger partial charge in [-0.05, 0) is 30.2 Å². The molecule has 28 heavy (non-hydrogen) atoms. The first-order valence-electron chi connectivity index (χ1n) is 9.23. The zero-order valence-electron chi connectivity index (χ0n) is 15.5. The van der Waals surface area contributed by atoms with Crippen molar-refractivity contribution in [2.75, 3.05) is 6.54 Å². The number of aromatic nitrogens is 2. The maximum Gasteiger partial charge on any atom is 0.232 e. The van der Waals surface area contributed by atoms with Crippen molar-refractivity contribution < 1.29 is 13.7 Å². The maximum atomic E-state index is 13.2. The Morgan fingerprint density at radius 1 is 1.21 bits per heavy atom. The van der Waals surface area contributed by atoms with Gasteiger partial charge in [-0.1, -0.05) is 41.6 Å². The molecule has 4 rings (SSSR count). The maximum absolute atomic E-state index is 13.2. The lowest BCUT2D eigenvalue weighted by atomic mass is 10.1. The number of nitrogens with two attached hydrogens (primary N) is 1. The van der Waals surface area contributed by atoms with Crippen LogP contribution in [-0.4, -0.2) is 27.5 Å². The normalized spacial score (nSPS) is 17.9. The molecule has 144 valence electrons. The van der Waals surface area contributed by atoms with Gasteiger partial charge in [0.2, 0.25) is 17.6 Å². The van der Waals surface area contributed by atoms with E-state index in [2.05, 4.69) is 10.1 Å². The summed E-state index contributed by atoms with van der Waals surface area (Å²) in [6, 6.07) is 13.7. The molecular formula is C21H21FN4O2. The number of carbonyl (C=O) groups excluding carboxylic acids is 1. The fourth-order valence-corrected chi connectivity index (χ4v) is 3.50. The van der Waals surface area contributed by atoms with Crippen LogP contribution in [0.3, 0.4) is 0 Å². The molecule has 7 heteroatoms. The van der Waals surface area contributed by atoms with Crippen LogP contribution in [-0.2, 0) is 11.3 Å². The van der Waals surface area contributed by atoms with Gasteiger partial charge in [-0.3, -0.25) is 4.79 Å². The van der Waals surface area contributed by atoms with Gasteiger partial charge in [0.1, 0.15) is 5.82 Å². The van der Waals surface area contributed by atoms with E-state index in [1.165, 1.54) is 12.1 Å². The van der Waals surface area contributed by atoms with Crippen LogP contribution >= 0.6 is 0 Å². The molecule has 0 spiro atoms. The summed E-state index contributed by atoms with van der Waals surface area (Å²) in [4.78, 5) is 18.8. The summed E-state index contributed by atoms with van der Waals surface area (Å²) in [7, 11) is 0. The first-order valence-corrected chi connectivity index (χ1v) is 9.23. The van der Waals surface area contributed by atoms with Crippen LogP contribution in [0.2, 0.25) is 0 Å². The molecule has 0 aliphatic carbocycles. The number of benzene rings is 2. The van der Waals surface area contributed by atoms with Gasteiger partial charge in [-0.15, -0.1) is 0 Å². The minimum Gasteiger partial charge on any atom is -0.339 e. The first kappa shape index (κ1) is 18.3. The first-order chi connectivity index (χ1) is 13.5. The second-order valence-corrected chi connectivity index (χ2v) is 7.03. The Balaban J connectivity index is 1.49. The summed E-state index contributed by atoms with van der Waals surface area (Å²) in [5, 5.41) is 4.06. The third kappa shape index (κ3) is 3.53. The van der Waals surface area contributed by atoms with Crippen molar-refractivity contribution in [2.24, 2.45) is 5.73 Å². The molecule has 2 heterocycles. The SMILES string of the molecule is CC(c1ccc(F)cc1)N1CC(c2nc(-c3ccc(CN)cc3)no2)CC1=O. The average Bonchev–Trinajstić information content (AvgIpc) is 3.35. The summed E-state index contributed by atoms with van der Waals surface area (Å²) in [6.07, 6.45) is 0.319. The van der Waals surface area contributed by atoms with Gasteiger partial charge in [0.05, 0.1) is 12.0 Å². The Labute approximate surface area is 162 Å². The Kier molecular flexibility index (Phi) is 4.92. The van der Waals surface area contributed by atoms with Gasteiger partial charge in [-0.2, -0.15) is 4.98 Å². The predicted octanol–water partition coefficient (Wildman–Crippen LogP) is 3.41. The molecule has 1 aliphatic rings. The molecule has 1 fully saturated rings. The monoisotopic (exact) mass is 380 g/mol. The third-order valence-electron chi connectivity index (χ3n) is 5.22. The smallest absolute Gasteiger partial charge is 0.232 e. The van der Waals surface area contributed by atoms with E-state index in [-0.39, 0.29) is 23.7 Å². The molecule has 0 radical (unpaired) electrons. The van der Waals surface area contributed by atoms with Crippen LogP contribution in [0.1, 0.15) is 42.3 Å². The van der Waals surface area contributed by atoms with E-state index in [9.17, 15) is 9.18 Å². The van der Waals surface area contributed by atoms with Crippen molar-refractivity contribution >= 4 is 5.91 Å². The molecule has 1 saturated heterocycles. The van der Waals surface area contributed by atoms with Crippen molar-refractivity contribution in [1.29, 1.82) is 0 Å². The molecule has 3 aromatic rings. The molecule has 2 N–H and O–H groups in total. The topological polar surface area (TPSA) is 85.2 Å². The van der Waals surface area contributed by atoms with E-state index in [1.54, 1.807) is 17.0 Å². The lowest BCUT2D eigenvalue weighted by molar-refractivity contribution is -0.129. The molecule has 6 nitrogen and oxygen atoms in total. The Morgan fingerprint density at radius 3 is 2.61 bits per heavy atom. The van der Waals surface area contributed by atoms with E-state index in [1.807, 2.05) is 31.2 Å². The summed E-state index contributed by atoms with van der Waals surface area (Å²) in [5.41, 5.74) is 8.38. The number of likely N-dealkylation sites (tertiary alicyclic amines) is 1. The van der Waals surface area contributed by atoms with Gasteiger partial charge >= 0.3 is 0 Å². The highest BCUT2D eigenvalue weighted by molar-refractivity contribution is 5.80. The molecule has 1 aromatic heterocycles. The highest BCUT2D eigenvalue weighted by atomic mass is 19.1. The van der Waals surface area contributed by atoms with Crippen molar-refractivity contribution in [3.05, 3.63) is 71.4 Å². The number of carbonyl (C=O) groups is 1. The minimum atomic E-state index is -0.292. The zero-order valence-corrected chi connectivity index (χ0v) is 15.5. The second kappa shape index (κ2) is 7.52. The molecule has 2 aromatic carbocycles. The number of rotatable bonds is 5. The predicted molar refractivity (Wildman–Crippen MR) is 102 cm³/mol. The number of halogens is 1.